The van der Waals surface area contributed by atoms with Crippen LogP contribution in [-0.4, -0.2) is 25.3 Å². The first-order valence-corrected chi connectivity index (χ1v) is 8.41. The van der Waals surface area contributed by atoms with Crippen LogP contribution >= 0.6 is 11.5 Å². The van der Waals surface area contributed by atoms with Gasteiger partial charge in [0.05, 0.1) is 10.6 Å². The third kappa shape index (κ3) is 3.07. The van der Waals surface area contributed by atoms with E-state index < -0.39 is 0 Å². The van der Waals surface area contributed by atoms with E-state index >= 15 is 0 Å². The minimum Gasteiger partial charge on any atom is -0.346 e. The fourth-order valence-corrected chi connectivity index (χ4v) is 3.22. The summed E-state index contributed by atoms with van der Waals surface area (Å²) in [7, 11) is 1.90. The molecule has 2 heterocycles. The first kappa shape index (κ1) is 16.3. The topological polar surface area (TPSA) is 72.7 Å². The Balaban J connectivity index is 1.79. The van der Waals surface area contributed by atoms with Crippen LogP contribution < -0.4 is 5.32 Å². The fraction of sp³-hybridized carbons (Fsp3) is 0.294. The van der Waals surface area contributed by atoms with E-state index in [-0.39, 0.29) is 5.91 Å². The molecule has 24 heavy (non-hydrogen) atoms. The van der Waals surface area contributed by atoms with Crippen molar-refractivity contribution in [3.05, 3.63) is 52.5 Å². The highest BCUT2D eigenvalue weighted by atomic mass is 32.1. The maximum atomic E-state index is 12.5. The molecule has 6 nitrogen and oxygen atoms in total. The Hall–Kier alpha value is -2.54. The Bertz CT molecular complexity index is 879. The lowest BCUT2D eigenvalue weighted by molar-refractivity contribution is 0.0946. The number of hydrogen-bond acceptors (Lipinski definition) is 5. The molecular weight excluding hydrogens is 322 g/mol. The molecule has 2 aromatic heterocycles. The third-order valence-corrected chi connectivity index (χ3v) is 4.88. The fourth-order valence-electron chi connectivity index (χ4n) is 2.56. The molecule has 0 bridgehead atoms. The van der Waals surface area contributed by atoms with Gasteiger partial charge in [-0.2, -0.15) is 5.10 Å². The van der Waals surface area contributed by atoms with E-state index in [4.69, 9.17) is 0 Å². The van der Waals surface area contributed by atoms with E-state index in [2.05, 4.69) is 20.0 Å². The number of carbonyl (C=O) groups is 1. The Kier molecular flexibility index (Phi) is 4.44. The number of nitrogens with zero attached hydrogens (tertiary/aromatic N) is 4. The highest BCUT2D eigenvalue weighted by Crippen LogP contribution is 2.26. The van der Waals surface area contributed by atoms with Crippen molar-refractivity contribution in [3.63, 3.8) is 0 Å². The molecule has 0 atom stereocenters. The smallest absolute Gasteiger partial charge is 0.273 e. The monoisotopic (exact) mass is 341 g/mol. The average Bonchev–Trinajstić information content (AvgIpc) is 3.13. The van der Waals surface area contributed by atoms with Gasteiger partial charge in [0.1, 0.15) is 0 Å². The van der Waals surface area contributed by atoms with E-state index in [0.717, 1.165) is 27.4 Å². The van der Waals surface area contributed by atoms with Gasteiger partial charge in [0.2, 0.25) is 0 Å². The maximum absolute atomic E-state index is 12.5. The molecule has 1 aromatic carbocycles. The summed E-state index contributed by atoms with van der Waals surface area (Å²) in [6.45, 7) is 6.39. The van der Waals surface area contributed by atoms with Crippen LogP contribution in [0.4, 0.5) is 0 Å². The van der Waals surface area contributed by atoms with Crippen molar-refractivity contribution >= 4 is 17.4 Å². The number of amides is 1. The molecule has 0 spiro atoms. The summed E-state index contributed by atoms with van der Waals surface area (Å²) < 4.78 is 5.77. The van der Waals surface area contributed by atoms with Gasteiger partial charge in [0, 0.05) is 24.8 Å². The lowest BCUT2D eigenvalue weighted by Gasteiger charge is -2.06. The van der Waals surface area contributed by atoms with Crippen molar-refractivity contribution in [2.24, 2.45) is 7.05 Å². The number of benzene rings is 1. The molecule has 0 unspecified atom stereocenters. The van der Waals surface area contributed by atoms with Gasteiger partial charge >= 0.3 is 0 Å². The first-order chi connectivity index (χ1) is 11.5. The summed E-state index contributed by atoms with van der Waals surface area (Å²) in [5.74, 6) is -0.220. The molecule has 0 saturated heterocycles. The molecular formula is C17H19N5OS. The zero-order chi connectivity index (χ0) is 17.3. The van der Waals surface area contributed by atoms with Crippen LogP contribution in [-0.2, 0) is 13.6 Å². The van der Waals surface area contributed by atoms with Crippen molar-refractivity contribution in [1.82, 2.24) is 24.7 Å². The molecule has 124 valence electrons. The number of aryl methyl sites for hydroxylation is 3. The largest absolute Gasteiger partial charge is 0.346 e. The second-order valence-electron chi connectivity index (χ2n) is 5.77. The SMILES string of the molecule is Cc1ccc(-c2snnc2C(=O)NCc2c(C)nn(C)c2C)cc1. The summed E-state index contributed by atoms with van der Waals surface area (Å²) >= 11 is 1.23. The average molecular weight is 341 g/mol. The van der Waals surface area contributed by atoms with Crippen molar-refractivity contribution < 1.29 is 4.79 Å². The molecule has 0 aliphatic heterocycles. The minimum atomic E-state index is -0.220. The van der Waals surface area contributed by atoms with Crippen LogP contribution in [0.3, 0.4) is 0 Å². The van der Waals surface area contributed by atoms with E-state index in [9.17, 15) is 4.79 Å². The number of hydrogen-bond donors (Lipinski definition) is 1. The van der Waals surface area contributed by atoms with Gasteiger partial charge in [0.15, 0.2) is 5.69 Å². The molecule has 0 fully saturated rings. The number of nitrogens with one attached hydrogen (secondary N) is 1. The van der Waals surface area contributed by atoms with E-state index in [1.165, 1.54) is 17.1 Å². The van der Waals surface area contributed by atoms with Gasteiger partial charge in [-0.25, -0.2) is 0 Å². The quantitative estimate of drug-likeness (QED) is 0.792. The molecule has 7 heteroatoms. The summed E-state index contributed by atoms with van der Waals surface area (Å²) in [4.78, 5) is 13.3. The zero-order valence-corrected chi connectivity index (χ0v) is 14.9. The molecule has 0 aliphatic rings. The van der Waals surface area contributed by atoms with Crippen LogP contribution in [0.2, 0.25) is 0 Å². The Morgan fingerprint density at radius 3 is 2.54 bits per heavy atom. The van der Waals surface area contributed by atoms with Crippen molar-refractivity contribution in [1.29, 1.82) is 0 Å². The van der Waals surface area contributed by atoms with Crippen molar-refractivity contribution in [3.8, 4) is 10.4 Å². The highest BCUT2D eigenvalue weighted by Gasteiger charge is 2.19. The van der Waals surface area contributed by atoms with Gasteiger partial charge in [0.25, 0.3) is 5.91 Å². The van der Waals surface area contributed by atoms with Gasteiger partial charge in [-0.05, 0) is 37.9 Å². The number of aromatic nitrogens is 4. The highest BCUT2D eigenvalue weighted by molar-refractivity contribution is 7.09. The molecule has 1 N–H and O–H groups in total. The predicted molar refractivity (Wildman–Crippen MR) is 93.9 cm³/mol. The zero-order valence-electron chi connectivity index (χ0n) is 14.1. The summed E-state index contributed by atoms with van der Waals surface area (Å²) in [6.07, 6.45) is 0. The molecule has 0 radical (unpaired) electrons. The second-order valence-corrected chi connectivity index (χ2v) is 6.53. The molecule has 3 rings (SSSR count). The van der Waals surface area contributed by atoms with Crippen LogP contribution in [0.1, 0.15) is 33.0 Å². The first-order valence-electron chi connectivity index (χ1n) is 7.64. The number of rotatable bonds is 4. The van der Waals surface area contributed by atoms with Gasteiger partial charge in [-0.3, -0.25) is 9.48 Å². The summed E-state index contributed by atoms with van der Waals surface area (Å²) in [5, 5.41) is 11.3. The number of carbonyl (C=O) groups excluding carboxylic acids is 1. The van der Waals surface area contributed by atoms with E-state index in [1.807, 2.05) is 56.8 Å². The normalized spacial score (nSPS) is 10.8. The Morgan fingerprint density at radius 2 is 1.92 bits per heavy atom. The predicted octanol–water partition coefficient (Wildman–Crippen LogP) is 2.79. The van der Waals surface area contributed by atoms with E-state index in [0.29, 0.717) is 12.2 Å². The Labute approximate surface area is 144 Å². The molecule has 1 amide bonds. The molecule has 0 aliphatic carbocycles. The lowest BCUT2D eigenvalue weighted by Crippen LogP contribution is -2.24. The van der Waals surface area contributed by atoms with Crippen LogP contribution in [0.5, 0.6) is 0 Å². The molecule has 0 saturated carbocycles. The van der Waals surface area contributed by atoms with Gasteiger partial charge < -0.3 is 5.32 Å². The van der Waals surface area contributed by atoms with Crippen molar-refractivity contribution in [2.45, 2.75) is 27.3 Å². The third-order valence-electron chi connectivity index (χ3n) is 4.10. The maximum Gasteiger partial charge on any atom is 0.273 e. The second kappa shape index (κ2) is 6.52. The van der Waals surface area contributed by atoms with E-state index in [1.54, 1.807) is 0 Å². The Morgan fingerprint density at radius 1 is 1.21 bits per heavy atom. The standard InChI is InChI=1S/C17H19N5OS/c1-10-5-7-13(8-6-10)16-15(19-21-24-16)17(23)18-9-14-11(2)20-22(4)12(14)3/h5-8H,9H2,1-4H3,(H,18,23). The van der Waals surface area contributed by atoms with Crippen LogP contribution in [0, 0.1) is 20.8 Å². The van der Waals surface area contributed by atoms with Crippen molar-refractivity contribution in [2.75, 3.05) is 0 Å². The van der Waals surface area contributed by atoms with Gasteiger partial charge in [-0.1, -0.05) is 34.3 Å². The summed E-state index contributed by atoms with van der Waals surface area (Å²) in [5.41, 5.74) is 5.49. The van der Waals surface area contributed by atoms with Crippen LogP contribution in [0.15, 0.2) is 24.3 Å². The minimum absolute atomic E-state index is 0.220. The summed E-state index contributed by atoms with van der Waals surface area (Å²) in [6, 6.07) is 7.99. The lowest BCUT2D eigenvalue weighted by atomic mass is 10.1. The van der Waals surface area contributed by atoms with Crippen LogP contribution in [0.25, 0.3) is 10.4 Å². The van der Waals surface area contributed by atoms with Gasteiger partial charge in [-0.15, -0.1) is 5.10 Å². The molecule has 3 aromatic rings.